The second-order valence-electron chi connectivity index (χ2n) is 4.22. The summed E-state index contributed by atoms with van der Waals surface area (Å²) in [5.74, 6) is 1.29. The van der Waals surface area contributed by atoms with E-state index in [4.69, 9.17) is 5.11 Å². The summed E-state index contributed by atoms with van der Waals surface area (Å²) in [5, 5.41) is 11.6. The van der Waals surface area contributed by atoms with Gasteiger partial charge >= 0.3 is 0 Å². The van der Waals surface area contributed by atoms with Crippen LogP contribution in [-0.2, 0) is 4.79 Å². The molecule has 0 aromatic heterocycles. The Bertz CT molecular complexity index is 203. The van der Waals surface area contributed by atoms with E-state index in [9.17, 15) is 4.79 Å². The first-order valence-electron chi connectivity index (χ1n) is 5.72. The molecule has 88 valence electrons. The van der Waals surface area contributed by atoms with E-state index in [0.29, 0.717) is 0 Å². The predicted molar refractivity (Wildman–Crippen MR) is 64.0 cm³/mol. The Balaban J connectivity index is 2.12. The van der Waals surface area contributed by atoms with Crippen LogP contribution in [0.4, 0.5) is 0 Å². The van der Waals surface area contributed by atoms with Crippen molar-refractivity contribution in [3.05, 3.63) is 0 Å². The molecule has 1 saturated heterocycles. The van der Waals surface area contributed by atoms with Crippen LogP contribution in [0.3, 0.4) is 0 Å². The van der Waals surface area contributed by atoms with Crippen molar-refractivity contribution in [3.8, 4) is 0 Å². The zero-order valence-corrected chi connectivity index (χ0v) is 10.2. The van der Waals surface area contributed by atoms with Crippen LogP contribution in [0.1, 0.15) is 39.0 Å². The highest BCUT2D eigenvalue weighted by atomic mass is 32.2. The van der Waals surface area contributed by atoms with Gasteiger partial charge in [-0.15, -0.1) is 11.8 Å². The molecule has 0 aromatic carbocycles. The van der Waals surface area contributed by atoms with Crippen LogP contribution in [0.5, 0.6) is 0 Å². The summed E-state index contributed by atoms with van der Waals surface area (Å²) < 4.78 is -0.184. The fourth-order valence-corrected chi connectivity index (χ4v) is 2.99. The number of hydrogen-bond donors (Lipinski definition) is 2. The summed E-state index contributed by atoms with van der Waals surface area (Å²) in [6.45, 7) is 3.03. The smallest absolute Gasteiger partial charge is 0.235 e. The normalized spacial score (nSPS) is 25.5. The van der Waals surface area contributed by atoms with Crippen molar-refractivity contribution in [2.75, 3.05) is 18.9 Å². The molecule has 3 nitrogen and oxygen atoms in total. The van der Waals surface area contributed by atoms with Gasteiger partial charge in [-0.25, -0.2) is 0 Å². The second-order valence-corrected chi connectivity index (χ2v) is 5.82. The van der Waals surface area contributed by atoms with Crippen molar-refractivity contribution in [1.29, 1.82) is 0 Å². The number of carbonyl (C=O) groups is 1. The number of aliphatic hydroxyl groups is 1. The maximum absolute atomic E-state index is 11.8. The van der Waals surface area contributed by atoms with Crippen molar-refractivity contribution in [1.82, 2.24) is 5.32 Å². The lowest BCUT2D eigenvalue weighted by Crippen LogP contribution is -2.40. The number of nitrogens with one attached hydrogen (secondary N) is 1. The van der Waals surface area contributed by atoms with Crippen molar-refractivity contribution in [2.45, 2.75) is 43.8 Å². The number of aliphatic hydroxyl groups excluding tert-OH is 1. The Hall–Kier alpha value is -0.220. The highest BCUT2D eigenvalue weighted by Gasteiger charge is 2.36. The van der Waals surface area contributed by atoms with Gasteiger partial charge in [-0.05, 0) is 44.8 Å². The predicted octanol–water partition coefficient (Wildman–Crippen LogP) is 1.55. The average molecular weight is 231 g/mol. The van der Waals surface area contributed by atoms with Crippen LogP contribution < -0.4 is 5.32 Å². The van der Waals surface area contributed by atoms with Crippen LogP contribution >= 0.6 is 11.8 Å². The van der Waals surface area contributed by atoms with Gasteiger partial charge in [-0.3, -0.25) is 4.79 Å². The van der Waals surface area contributed by atoms with E-state index in [2.05, 4.69) is 5.32 Å². The molecule has 0 aromatic rings. The van der Waals surface area contributed by atoms with Gasteiger partial charge in [0.1, 0.15) is 0 Å². The molecule has 1 aliphatic rings. The van der Waals surface area contributed by atoms with Gasteiger partial charge in [0.15, 0.2) is 0 Å². The van der Waals surface area contributed by atoms with Gasteiger partial charge in [0.25, 0.3) is 0 Å². The molecule has 1 heterocycles. The van der Waals surface area contributed by atoms with Crippen LogP contribution in [0.25, 0.3) is 0 Å². The molecule has 1 unspecified atom stereocenters. The number of amides is 1. The third-order valence-corrected chi connectivity index (χ3v) is 4.34. The van der Waals surface area contributed by atoms with Crippen LogP contribution in [0, 0.1) is 0 Å². The van der Waals surface area contributed by atoms with E-state index >= 15 is 0 Å². The molecule has 0 spiro atoms. The Morgan fingerprint density at radius 1 is 1.47 bits per heavy atom. The van der Waals surface area contributed by atoms with Crippen LogP contribution in [-0.4, -0.2) is 34.7 Å². The number of hydrogen-bond acceptors (Lipinski definition) is 3. The number of unbranched alkanes of at least 4 members (excludes halogenated alkanes) is 2. The molecule has 0 bridgehead atoms. The zero-order chi connectivity index (χ0) is 11.1. The second kappa shape index (κ2) is 6.38. The third-order valence-electron chi connectivity index (χ3n) is 2.82. The lowest BCUT2D eigenvalue weighted by molar-refractivity contribution is -0.123. The Morgan fingerprint density at radius 3 is 2.87 bits per heavy atom. The van der Waals surface area contributed by atoms with Gasteiger partial charge in [0.05, 0.1) is 4.75 Å². The first-order chi connectivity index (χ1) is 7.19. The highest BCUT2D eigenvalue weighted by Crippen LogP contribution is 2.37. The number of rotatable bonds is 6. The Morgan fingerprint density at radius 2 is 2.27 bits per heavy atom. The van der Waals surface area contributed by atoms with E-state index in [1.54, 1.807) is 11.8 Å². The minimum atomic E-state index is -0.184. The minimum absolute atomic E-state index is 0.184. The molecule has 0 saturated carbocycles. The molecular weight excluding hydrogens is 210 g/mol. The van der Waals surface area contributed by atoms with Gasteiger partial charge in [0.2, 0.25) is 5.91 Å². The lowest BCUT2D eigenvalue weighted by atomic mass is 10.0. The monoisotopic (exact) mass is 231 g/mol. The molecule has 15 heavy (non-hydrogen) atoms. The summed E-state index contributed by atoms with van der Waals surface area (Å²) in [7, 11) is 0. The fourth-order valence-electron chi connectivity index (χ4n) is 1.76. The van der Waals surface area contributed by atoms with Crippen molar-refractivity contribution < 1.29 is 9.90 Å². The first kappa shape index (κ1) is 12.8. The molecular formula is C11H21NO2S. The van der Waals surface area contributed by atoms with Gasteiger partial charge < -0.3 is 10.4 Å². The Labute approximate surface area is 96.0 Å². The van der Waals surface area contributed by atoms with Crippen LogP contribution in [0.2, 0.25) is 0 Å². The summed E-state index contributed by atoms with van der Waals surface area (Å²) in [6, 6.07) is 0. The summed E-state index contributed by atoms with van der Waals surface area (Å²) in [5.41, 5.74) is 0. The molecule has 0 radical (unpaired) electrons. The molecule has 1 amide bonds. The zero-order valence-electron chi connectivity index (χ0n) is 9.42. The van der Waals surface area contributed by atoms with E-state index in [1.165, 1.54) is 0 Å². The number of thioether (sulfide) groups is 1. The van der Waals surface area contributed by atoms with E-state index in [0.717, 1.165) is 44.4 Å². The standard InChI is InChI=1S/C11H21NO2S/c1-11(6-5-9-15-11)10(14)12-7-3-2-4-8-13/h13H,2-9H2,1H3,(H,12,14). The summed E-state index contributed by atoms with van der Waals surface area (Å²) >= 11 is 1.77. The molecule has 1 fully saturated rings. The van der Waals surface area contributed by atoms with Crippen molar-refractivity contribution >= 4 is 17.7 Å². The topological polar surface area (TPSA) is 49.3 Å². The summed E-state index contributed by atoms with van der Waals surface area (Å²) in [6.07, 6.45) is 4.94. The average Bonchev–Trinajstić information content (AvgIpc) is 2.66. The number of carbonyl (C=O) groups excluding carboxylic acids is 1. The van der Waals surface area contributed by atoms with Crippen LogP contribution in [0.15, 0.2) is 0 Å². The van der Waals surface area contributed by atoms with Gasteiger partial charge in [0, 0.05) is 13.2 Å². The van der Waals surface area contributed by atoms with Crippen molar-refractivity contribution in [3.63, 3.8) is 0 Å². The lowest BCUT2D eigenvalue weighted by Gasteiger charge is -2.21. The molecule has 0 aliphatic carbocycles. The van der Waals surface area contributed by atoms with E-state index in [1.807, 2.05) is 6.92 Å². The highest BCUT2D eigenvalue weighted by molar-refractivity contribution is 8.01. The fraction of sp³-hybridized carbons (Fsp3) is 0.909. The molecule has 1 aliphatic heterocycles. The largest absolute Gasteiger partial charge is 0.396 e. The molecule has 2 N–H and O–H groups in total. The summed E-state index contributed by atoms with van der Waals surface area (Å²) in [4.78, 5) is 11.8. The quantitative estimate of drug-likeness (QED) is 0.682. The SMILES string of the molecule is CC1(C(=O)NCCCCCO)CCCS1. The van der Waals surface area contributed by atoms with Gasteiger partial charge in [-0.2, -0.15) is 0 Å². The Kier molecular flexibility index (Phi) is 5.47. The van der Waals surface area contributed by atoms with Gasteiger partial charge in [-0.1, -0.05) is 0 Å². The molecule has 1 atom stereocenters. The minimum Gasteiger partial charge on any atom is -0.396 e. The van der Waals surface area contributed by atoms with E-state index in [-0.39, 0.29) is 17.3 Å². The molecule has 1 rings (SSSR count). The molecule has 4 heteroatoms. The third kappa shape index (κ3) is 4.03. The van der Waals surface area contributed by atoms with Crippen molar-refractivity contribution in [2.24, 2.45) is 0 Å². The van der Waals surface area contributed by atoms with E-state index < -0.39 is 0 Å². The maximum atomic E-state index is 11.8. The first-order valence-corrected chi connectivity index (χ1v) is 6.71. The maximum Gasteiger partial charge on any atom is 0.235 e.